The standard InChI is InChI=1S/C24H31N3O3/c1-17(2)30-21-10-7-19(8-11-21)16-25-24(29)22-12-9-20(26-18(3)28)15-23(22)27-13-5-4-6-14-27/h7-12,15,17H,4-6,13-14,16H2,1-3H3,(H,25,29)(H,26,28). The lowest BCUT2D eigenvalue weighted by Gasteiger charge is -2.30. The molecule has 1 fully saturated rings. The highest BCUT2D eigenvalue weighted by Crippen LogP contribution is 2.28. The van der Waals surface area contributed by atoms with Crippen molar-refractivity contribution in [1.82, 2.24) is 5.32 Å². The van der Waals surface area contributed by atoms with Gasteiger partial charge in [-0.2, -0.15) is 0 Å². The summed E-state index contributed by atoms with van der Waals surface area (Å²) in [6.45, 7) is 7.74. The molecule has 0 aromatic heterocycles. The number of nitrogens with zero attached hydrogens (tertiary/aromatic N) is 1. The third-order valence-electron chi connectivity index (χ3n) is 5.01. The molecular formula is C24H31N3O3. The highest BCUT2D eigenvalue weighted by molar-refractivity contribution is 6.01. The SMILES string of the molecule is CC(=O)Nc1ccc(C(=O)NCc2ccc(OC(C)C)cc2)c(N2CCCCC2)c1. The average Bonchev–Trinajstić information content (AvgIpc) is 2.73. The van der Waals surface area contributed by atoms with E-state index in [0.717, 1.165) is 42.9 Å². The Labute approximate surface area is 178 Å². The van der Waals surface area contributed by atoms with E-state index in [0.29, 0.717) is 17.8 Å². The molecule has 1 heterocycles. The number of anilines is 2. The van der Waals surface area contributed by atoms with Crippen LogP contribution in [-0.2, 0) is 11.3 Å². The fourth-order valence-electron chi connectivity index (χ4n) is 3.64. The summed E-state index contributed by atoms with van der Waals surface area (Å²) in [5.74, 6) is 0.579. The number of carbonyl (C=O) groups excluding carboxylic acids is 2. The van der Waals surface area contributed by atoms with E-state index >= 15 is 0 Å². The highest BCUT2D eigenvalue weighted by atomic mass is 16.5. The number of piperidine rings is 1. The van der Waals surface area contributed by atoms with Gasteiger partial charge in [0, 0.05) is 32.2 Å². The van der Waals surface area contributed by atoms with Crippen molar-refractivity contribution < 1.29 is 14.3 Å². The zero-order chi connectivity index (χ0) is 21.5. The first-order valence-electron chi connectivity index (χ1n) is 10.6. The van der Waals surface area contributed by atoms with Crippen LogP contribution in [0.4, 0.5) is 11.4 Å². The van der Waals surface area contributed by atoms with Crippen LogP contribution < -0.4 is 20.3 Å². The summed E-state index contributed by atoms with van der Waals surface area (Å²) in [5, 5.41) is 5.84. The average molecular weight is 410 g/mol. The van der Waals surface area contributed by atoms with Gasteiger partial charge in [-0.1, -0.05) is 12.1 Å². The van der Waals surface area contributed by atoms with Crippen LogP contribution in [0.2, 0.25) is 0 Å². The van der Waals surface area contributed by atoms with E-state index in [9.17, 15) is 9.59 Å². The molecule has 1 aliphatic rings. The first kappa shape index (κ1) is 21.7. The first-order chi connectivity index (χ1) is 14.4. The Morgan fingerprint density at radius 3 is 2.37 bits per heavy atom. The zero-order valence-corrected chi connectivity index (χ0v) is 18.0. The summed E-state index contributed by atoms with van der Waals surface area (Å²) in [6, 6.07) is 13.2. The van der Waals surface area contributed by atoms with E-state index in [2.05, 4.69) is 15.5 Å². The molecule has 0 atom stereocenters. The molecule has 6 heteroatoms. The second-order valence-corrected chi connectivity index (χ2v) is 7.95. The van der Waals surface area contributed by atoms with Gasteiger partial charge in [-0.05, 0) is 69.0 Å². The van der Waals surface area contributed by atoms with Crippen molar-refractivity contribution in [1.29, 1.82) is 0 Å². The maximum Gasteiger partial charge on any atom is 0.253 e. The van der Waals surface area contributed by atoms with Gasteiger partial charge in [0.05, 0.1) is 17.4 Å². The summed E-state index contributed by atoms with van der Waals surface area (Å²) in [5.41, 5.74) is 3.22. The third kappa shape index (κ3) is 5.99. The van der Waals surface area contributed by atoms with Crippen molar-refractivity contribution in [3.05, 3.63) is 53.6 Å². The van der Waals surface area contributed by atoms with E-state index in [1.807, 2.05) is 44.2 Å². The van der Waals surface area contributed by atoms with Crippen molar-refractivity contribution in [2.45, 2.75) is 52.7 Å². The van der Waals surface area contributed by atoms with Crippen LogP contribution in [0.15, 0.2) is 42.5 Å². The summed E-state index contributed by atoms with van der Waals surface area (Å²) in [6.07, 6.45) is 3.55. The summed E-state index contributed by atoms with van der Waals surface area (Å²) in [7, 11) is 0. The molecule has 0 unspecified atom stereocenters. The van der Waals surface area contributed by atoms with Crippen molar-refractivity contribution in [3.63, 3.8) is 0 Å². The van der Waals surface area contributed by atoms with Gasteiger partial charge in [0.25, 0.3) is 5.91 Å². The zero-order valence-electron chi connectivity index (χ0n) is 18.0. The first-order valence-corrected chi connectivity index (χ1v) is 10.6. The fraction of sp³-hybridized carbons (Fsp3) is 0.417. The number of ether oxygens (including phenoxy) is 1. The minimum atomic E-state index is -0.123. The molecule has 0 aliphatic carbocycles. The molecule has 160 valence electrons. The molecule has 0 spiro atoms. The van der Waals surface area contributed by atoms with Crippen LogP contribution in [0, 0.1) is 0 Å². The maximum absolute atomic E-state index is 13.0. The Hall–Kier alpha value is -3.02. The highest BCUT2D eigenvalue weighted by Gasteiger charge is 2.19. The van der Waals surface area contributed by atoms with Crippen LogP contribution in [0.1, 0.15) is 56.0 Å². The lowest BCUT2D eigenvalue weighted by molar-refractivity contribution is -0.114. The number of amides is 2. The van der Waals surface area contributed by atoms with E-state index in [1.54, 1.807) is 12.1 Å². The van der Waals surface area contributed by atoms with Crippen molar-refractivity contribution in [2.75, 3.05) is 23.3 Å². The number of hydrogen-bond donors (Lipinski definition) is 2. The van der Waals surface area contributed by atoms with Crippen molar-refractivity contribution in [2.24, 2.45) is 0 Å². The van der Waals surface area contributed by atoms with E-state index in [-0.39, 0.29) is 17.9 Å². The summed E-state index contributed by atoms with van der Waals surface area (Å²) >= 11 is 0. The number of nitrogens with one attached hydrogen (secondary N) is 2. The molecule has 2 amide bonds. The molecule has 2 aromatic rings. The third-order valence-corrected chi connectivity index (χ3v) is 5.01. The van der Waals surface area contributed by atoms with E-state index in [1.165, 1.54) is 13.3 Å². The van der Waals surface area contributed by atoms with Gasteiger partial charge in [-0.3, -0.25) is 9.59 Å². The Morgan fingerprint density at radius 1 is 1.03 bits per heavy atom. The van der Waals surface area contributed by atoms with Crippen LogP contribution in [0.3, 0.4) is 0 Å². The molecular weight excluding hydrogens is 378 g/mol. The summed E-state index contributed by atoms with van der Waals surface area (Å²) in [4.78, 5) is 26.7. The molecule has 2 N–H and O–H groups in total. The van der Waals surface area contributed by atoms with Gasteiger partial charge < -0.3 is 20.3 Å². The van der Waals surface area contributed by atoms with Crippen LogP contribution in [-0.4, -0.2) is 31.0 Å². The molecule has 2 aromatic carbocycles. The minimum Gasteiger partial charge on any atom is -0.491 e. The van der Waals surface area contributed by atoms with Gasteiger partial charge in [-0.15, -0.1) is 0 Å². The molecule has 1 aliphatic heterocycles. The lowest BCUT2D eigenvalue weighted by atomic mass is 10.1. The molecule has 0 radical (unpaired) electrons. The van der Waals surface area contributed by atoms with Crippen LogP contribution >= 0.6 is 0 Å². The van der Waals surface area contributed by atoms with E-state index < -0.39 is 0 Å². The van der Waals surface area contributed by atoms with Gasteiger partial charge in [0.1, 0.15) is 5.75 Å². The minimum absolute atomic E-state index is 0.118. The van der Waals surface area contributed by atoms with Crippen LogP contribution in [0.25, 0.3) is 0 Å². The van der Waals surface area contributed by atoms with E-state index in [4.69, 9.17) is 4.74 Å². The summed E-state index contributed by atoms with van der Waals surface area (Å²) < 4.78 is 5.66. The second kappa shape index (κ2) is 10.1. The van der Waals surface area contributed by atoms with Gasteiger partial charge >= 0.3 is 0 Å². The predicted molar refractivity (Wildman–Crippen MR) is 120 cm³/mol. The largest absolute Gasteiger partial charge is 0.491 e. The number of rotatable bonds is 7. The Bertz CT molecular complexity index is 872. The molecule has 0 saturated carbocycles. The predicted octanol–water partition coefficient (Wildman–Crippen LogP) is 4.35. The van der Waals surface area contributed by atoms with Gasteiger partial charge in [0.15, 0.2) is 0 Å². The van der Waals surface area contributed by atoms with Crippen molar-refractivity contribution >= 4 is 23.2 Å². The smallest absolute Gasteiger partial charge is 0.253 e. The Kier molecular flexibility index (Phi) is 7.33. The van der Waals surface area contributed by atoms with Gasteiger partial charge in [0.2, 0.25) is 5.91 Å². The molecule has 30 heavy (non-hydrogen) atoms. The second-order valence-electron chi connectivity index (χ2n) is 7.95. The number of hydrogen-bond acceptors (Lipinski definition) is 4. The molecule has 1 saturated heterocycles. The normalized spacial score (nSPS) is 13.8. The quantitative estimate of drug-likeness (QED) is 0.713. The topological polar surface area (TPSA) is 70.7 Å². The van der Waals surface area contributed by atoms with Gasteiger partial charge in [-0.25, -0.2) is 0 Å². The monoisotopic (exact) mass is 409 g/mol. The molecule has 3 rings (SSSR count). The molecule has 0 bridgehead atoms. The van der Waals surface area contributed by atoms with Crippen LogP contribution in [0.5, 0.6) is 5.75 Å². The number of carbonyl (C=O) groups is 2. The maximum atomic E-state index is 13.0. The lowest BCUT2D eigenvalue weighted by Crippen LogP contribution is -2.32. The fourth-order valence-corrected chi connectivity index (χ4v) is 3.64. The Balaban J connectivity index is 1.72. The number of benzene rings is 2. The Morgan fingerprint density at radius 2 is 1.73 bits per heavy atom. The molecule has 6 nitrogen and oxygen atoms in total. The van der Waals surface area contributed by atoms with Crippen molar-refractivity contribution in [3.8, 4) is 5.75 Å².